The molecule has 0 atom stereocenters. The molecule has 1 fully saturated rings. The first-order chi connectivity index (χ1) is 9.21. The average molecular weight is 274 g/mol. The van der Waals surface area contributed by atoms with Crippen molar-refractivity contribution in [3.8, 4) is 5.75 Å². The summed E-state index contributed by atoms with van der Waals surface area (Å²) in [5.41, 5.74) is 1.31. The smallest absolute Gasteiger partial charge is 0.489 e. The number of ether oxygens (including phenoxy) is 1. The Morgan fingerprint density at radius 1 is 1.20 bits per heavy atom. The first kappa shape index (κ1) is 15.1. The Bertz CT molecular complexity index is 492. The lowest BCUT2D eigenvalue weighted by Gasteiger charge is -2.32. The van der Waals surface area contributed by atoms with Gasteiger partial charge in [0.05, 0.1) is 11.2 Å². The van der Waals surface area contributed by atoms with Gasteiger partial charge in [-0.05, 0) is 57.8 Å². The van der Waals surface area contributed by atoms with Gasteiger partial charge in [0.15, 0.2) is 0 Å². The maximum Gasteiger partial charge on any atom is 0.494 e. The molecule has 0 unspecified atom stereocenters. The van der Waals surface area contributed by atoms with Gasteiger partial charge in [0.25, 0.3) is 0 Å². The second-order valence-electron chi connectivity index (χ2n) is 6.41. The molecule has 20 heavy (non-hydrogen) atoms. The van der Waals surface area contributed by atoms with E-state index in [0.717, 1.165) is 16.8 Å². The molecule has 0 N–H and O–H groups in total. The zero-order valence-electron chi connectivity index (χ0n) is 13.0. The highest BCUT2D eigenvalue weighted by Gasteiger charge is 2.51. The Kier molecular flexibility index (Phi) is 3.98. The molecule has 1 heterocycles. The molecule has 1 aliphatic heterocycles. The first-order valence-corrected chi connectivity index (χ1v) is 6.94. The van der Waals surface area contributed by atoms with Crippen LogP contribution in [0.25, 0.3) is 0 Å². The van der Waals surface area contributed by atoms with Gasteiger partial charge in [-0.2, -0.15) is 0 Å². The Morgan fingerprint density at radius 3 is 2.35 bits per heavy atom. The predicted octanol–water partition coefficient (Wildman–Crippen LogP) is 2.94. The van der Waals surface area contributed by atoms with Crippen molar-refractivity contribution < 1.29 is 14.0 Å². The van der Waals surface area contributed by atoms with E-state index in [9.17, 15) is 0 Å². The summed E-state index contributed by atoms with van der Waals surface area (Å²) in [5, 5.41) is 0. The van der Waals surface area contributed by atoms with Crippen molar-refractivity contribution in [2.45, 2.75) is 45.8 Å². The van der Waals surface area contributed by atoms with Gasteiger partial charge in [0.2, 0.25) is 0 Å². The molecule has 0 aromatic heterocycles. The van der Waals surface area contributed by atoms with Crippen LogP contribution in [-0.2, 0) is 9.31 Å². The topological polar surface area (TPSA) is 27.7 Å². The summed E-state index contributed by atoms with van der Waals surface area (Å²) in [4.78, 5) is 0. The quantitative estimate of drug-likeness (QED) is 0.624. The van der Waals surface area contributed by atoms with E-state index in [-0.39, 0.29) is 18.3 Å². The van der Waals surface area contributed by atoms with E-state index >= 15 is 0 Å². The molecule has 2 rings (SSSR count). The lowest BCUT2D eigenvalue weighted by molar-refractivity contribution is 0.00578. The highest BCUT2D eigenvalue weighted by Crippen LogP contribution is 2.36. The maximum absolute atomic E-state index is 6.04. The van der Waals surface area contributed by atoms with Gasteiger partial charge in [-0.3, -0.25) is 0 Å². The number of rotatable bonds is 4. The van der Waals surface area contributed by atoms with Crippen LogP contribution in [0, 0.1) is 0 Å². The predicted molar refractivity (Wildman–Crippen MR) is 82.5 cm³/mol. The van der Waals surface area contributed by atoms with Crippen molar-refractivity contribution in [1.29, 1.82) is 0 Å². The zero-order valence-corrected chi connectivity index (χ0v) is 13.0. The molecule has 0 radical (unpaired) electrons. The summed E-state index contributed by atoms with van der Waals surface area (Å²) < 4.78 is 17.7. The normalized spacial score (nSPS) is 19.9. The summed E-state index contributed by atoms with van der Waals surface area (Å²) >= 11 is 0. The minimum Gasteiger partial charge on any atom is -0.489 e. The summed E-state index contributed by atoms with van der Waals surface area (Å²) in [7, 11) is -0.353. The molecular formula is C16H23BO3. The molecule has 0 spiro atoms. The second-order valence-corrected chi connectivity index (χ2v) is 6.41. The fourth-order valence-electron chi connectivity index (χ4n) is 1.94. The lowest BCUT2D eigenvalue weighted by Crippen LogP contribution is -2.41. The van der Waals surface area contributed by atoms with Crippen LogP contribution in [0.4, 0.5) is 0 Å². The van der Waals surface area contributed by atoms with Crippen LogP contribution in [0.2, 0.25) is 0 Å². The van der Waals surface area contributed by atoms with Crippen molar-refractivity contribution in [2.24, 2.45) is 0 Å². The van der Waals surface area contributed by atoms with E-state index in [1.807, 2.05) is 31.2 Å². The maximum atomic E-state index is 6.04. The van der Waals surface area contributed by atoms with Crippen LogP contribution in [0.5, 0.6) is 5.75 Å². The highest BCUT2D eigenvalue weighted by molar-refractivity contribution is 6.62. The van der Waals surface area contributed by atoms with Gasteiger partial charge in [-0.15, -0.1) is 0 Å². The largest absolute Gasteiger partial charge is 0.494 e. The molecule has 0 bridgehead atoms. The fraction of sp³-hybridized carbons (Fsp3) is 0.500. The molecule has 4 heteroatoms. The van der Waals surface area contributed by atoms with E-state index in [2.05, 4.69) is 34.3 Å². The lowest BCUT2D eigenvalue weighted by atomic mass is 9.79. The molecule has 3 nitrogen and oxygen atoms in total. The molecule has 1 saturated heterocycles. The van der Waals surface area contributed by atoms with Gasteiger partial charge in [0, 0.05) is 0 Å². The fourth-order valence-corrected chi connectivity index (χ4v) is 1.94. The van der Waals surface area contributed by atoms with Crippen LogP contribution < -0.4 is 10.2 Å². The zero-order chi connectivity index (χ0) is 15.0. The standard InChI is InChI=1S/C16H23BO3/c1-12(2)11-18-14-9-7-8-13(10-14)17-19-15(3,4)16(5,6)20-17/h7-10H,1,11H2,2-6H3. The average Bonchev–Trinajstić information content (AvgIpc) is 2.56. The Balaban J connectivity index is 2.14. The number of hydrogen-bond donors (Lipinski definition) is 0. The SMILES string of the molecule is C=C(C)COc1cccc(B2OC(C)(C)C(C)(C)O2)c1. The molecule has 1 aliphatic rings. The van der Waals surface area contributed by atoms with Gasteiger partial charge in [0.1, 0.15) is 12.4 Å². The van der Waals surface area contributed by atoms with Crippen LogP contribution in [-0.4, -0.2) is 24.9 Å². The summed E-state index contributed by atoms with van der Waals surface area (Å²) in [6, 6.07) is 7.84. The van der Waals surface area contributed by atoms with Gasteiger partial charge in [-0.25, -0.2) is 0 Å². The monoisotopic (exact) mass is 274 g/mol. The van der Waals surface area contributed by atoms with E-state index in [1.165, 1.54) is 0 Å². The molecule has 0 saturated carbocycles. The van der Waals surface area contributed by atoms with Crippen LogP contribution in [0.1, 0.15) is 34.6 Å². The first-order valence-electron chi connectivity index (χ1n) is 6.94. The van der Waals surface area contributed by atoms with Gasteiger partial charge < -0.3 is 14.0 Å². The molecule has 0 aliphatic carbocycles. The van der Waals surface area contributed by atoms with E-state index < -0.39 is 0 Å². The molecular weight excluding hydrogens is 251 g/mol. The van der Waals surface area contributed by atoms with Crippen LogP contribution in [0.3, 0.4) is 0 Å². The Hall–Kier alpha value is -1.26. The molecule has 108 valence electrons. The molecule has 1 aromatic rings. The molecule has 0 amide bonds. The highest BCUT2D eigenvalue weighted by atomic mass is 16.7. The van der Waals surface area contributed by atoms with Gasteiger partial charge in [-0.1, -0.05) is 18.7 Å². The van der Waals surface area contributed by atoms with Crippen molar-refractivity contribution in [3.63, 3.8) is 0 Å². The van der Waals surface area contributed by atoms with E-state index in [4.69, 9.17) is 14.0 Å². The Morgan fingerprint density at radius 2 is 1.80 bits per heavy atom. The minimum absolute atomic E-state index is 0.327. The van der Waals surface area contributed by atoms with E-state index in [0.29, 0.717) is 6.61 Å². The summed E-state index contributed by atoms with van der Waals surface area (Å²) in [6.07, 6.45) is 0. The molecule has 1 aromatic carbocycles. The van der Waals surface area contributed by atoms with Crippen molar-refractivity contribution in [3.05, 3.63) is 36.4 Å². The third-order valence-corrected chi connectivity index (χ3v) is 3.87. The van der Waals surface area contributed by atoms with E-state index in [1.54, 1.807) is 0 Å². The number of hydrogen-bond acceptors (Lipinski definition) is 3. The van der Waals surface area contributed by atoms with Crippen molar-refractivity contribution >= 4 is 12.6 Å². The van der Waals surface area contributed by atoms with Gasteiger partial charge >= 0.3 is 7.12 Å². The van der Waals surface area contributed by atoms with Crippen LogP contribution >= 0.6 is 0 Å². The van der Waals surface area contributed by atoms with Crippen molar-refractivity contribution in [1.82, 2.24) is 0 Å². The summed E-state index contributed by atoms with van der Waals surface area (Å²) in [6.45, 7) is 14.5. The Labute approximate surface area is 122 Å². The second kappa shape index (κ2) is 5.26. The van der Waals surface area contributed by atoms with Crippen LogP contribution in [0.15, 0.2) is 36.4 Å². The summed E-state index contributed by atoms with van der Waals surface area (Å²) in [5.74, 6) is 0.806. The third kappa shape index (κ3) is 3.07. The number of benzene rings is 1. The third-order valence-electron chi connectivity index (χ3n) is 3.87. The van der Waals surface area contributed by atoms with Crippen molar-refractivity contribution in [2.75, 3.05) is 6.61 Å². The minimum atomic E-state index is -0.353.